The van der Waals surface area contributed by atoms with Gasteiger partial charge in [-0.15, -0.1) is 0 Å². The average molecular weight is 472 g/mol. The number of nitrogens with two attached hydrogens (primary N) is 1. The third-order valence-corrected chi connectivity index (χ3v) is 5.72. The van der Waals surface area contributed by atoms with Crippen LogP contribution in [0.3, 0.4) is 0 Å². The fourth-order valence-electron chi connectivity index (χ4n) is 3.94. The van der Waals surface area contributed by atoms with Gasteiger partial charge in [-0.1, -0.05) is 23.4 Å². The summed E-state index contributed by atoms with van der Waals surface area (Å²) in [7, 11) is 0. The van der Waals surface area contributed by atoms with Gasteiger partial charge in [-0.2, -0.15) is 0 Å². The second kappa shape index (κ2) is 12.2. The van der Waals surface area contributed by atoms with E-state index >= 15 is 0 Å². The topological polar surface area (TPSA) is 135 Å². The molecule has 1 aromatic carbocycles. The summed E-state index contributed by atoms with van der Waals surface area (Å²) in [6.45, 7) is 2.99. The van der Waals surface area contributed by atoms with E-state index in [1.54, 1.807) is 17.9 Å². The molecule has 9 nitrogen and oxygen atoms in total. The first-order valence-electron chi connectivity index (χ1n) is 11.6. The summed E-state index contributed by atoms with van der Waals surface area (Å²) in [5.41, 5.74) is 6.78. The summed E-state index contributed by atoms with van der Waals surface area (Å²) >= 11 is 0. The largest absolute Gasteiger partial charge is 0.508 e. The number of phenolic OH excluding ortho intramolecular Hbond substituents is 2. The molecule has 1 fully saturated rings. The maximum atomic E-state index is 12.8. The SMILES string of the molecule is CC1C/C=C/[C@@H](N)C/C=C/C(=N\OCC(=O)N2CCCCC2)Cc2cc(O)cc(O)c2C(=O)O1. The summed E-state index contributed by atoms with van der Waals surface area (Å²) in [6.07, 6.45) is 10.9. The molecule has 1 saturated heterocycles. The molecule has 0 aliphatic carbocycles. The van der Waals surface area contributed by atoms with E-state index in [2.05, 4.69) is 5.16 Å². The van der Waals surface area contributed by atoms with E-state index in [1.807, 2.05) is 18.2 Å². The molecule has 4 N–H and O–H groups in total. The molecule has 0 bridgehead atoms. The summed E-state index contributed by atoms with van der Waals surface area (Å²) in [4.78, 5) is 32.3. The van der Waals surface area contributed by atoms with E-state index in [0.717, 1.165) is 38.4 Å². The number of rotatable bonds is 3. The number of nitrogens with zero attached hydrogens (tertiary/aromatic N) is 2. The molecule has 1 amide bonds. The van der Waals surface area contributed by atoms with Crippen LogP contribution in [0.1, 0.15) is 54.9 Å². The molecule has 9 heteroatoms. The molecule has 0 saturated carbocycles. The number of phenols is 2. The van der Waals surface area contributed by atoms with Gasteiger partial charge in [0.15, 0.2) is 6.61 Å². The van der Waals surface area contributed by atoms with Crippen LogP contribution >= 0.6 is 0 Å². The second-order valence-corrected chi connectivity index (χ2v) is 8.66. The number of oxime groups is 1. The number of amides is 1. The van der Waals surface area contributed by atoms with Crippen LogP contribution in [0.2, 0.25) is 0 Å². The van der Waals surface area contributed by atoms with Gasteiger partial charge in [0.1, 0.15) is 23.2 Å². The van der Waals surface area contributed by atoms with Gasteiger partial charge in [-0.3, -0.25) is 4.79 Å². The highest BCUT2D eigenvalue weighted by Gasteiger charge is 2.22. The van der Waals surface area contributed by atoms with Crippen LogP contribution in [0.25, 0.3) is 0 Å². The van der Waals surface area contributed by atoms with Crippen molar-refractivity contribution in [3.63, 3.8) is 0 Å². The van der Waals surface area contributed by atoms with Crippen molar-refractivity contribution in [1.82, 2.24) is 4.90 Å². The van der Waals surface area contributed by atoms with Gasteiger partial charge in [0.2, 0.25) is 0 Å². The molecule has 2 atom stereocenters. The van der Waals surface area contributed by atoms with E-state index in [4.69, 9.17) is 15.3 Å². The molecular weight excluding hydrogens is 438 g/mol. The van der Waals surface area contributed by atoms with E-state index in [-0.39, 0.29) is 42.0 Å². The van der Waals surface area contributed by atoms with E-state index < -0.39 is 12.1 Å². The molecule has 0 radical (unpaired) electrons. The molecule has 184 valence electrons. The zero-order chi connectivity index (χ0) is 24.5. The number of carbonyl (C=O) groups is 2. The molecule has 3 rings (SSSR count). The van der Waals surface area contributed by atoms with Crippen LogP contribution in [-0.4, -0.2) is 64.5 Å². The summed E-state index contributed by atoms with van der Waals surface area (Å²) in [5, 5.41) is 24.5. The Kier molecular flexibility index (Phi) is 9.09. The highest BCUT2D eigenvalue weighted by Crippen LogP contribution is 2.29. The number of piperidine rings is 1. The maximum Gasteiger partial charge on any atom is 0.342 e. The first-order chi connectivity index (χ1) is 16.3. The van der Waals surface area contributed by atoms with Crippen LogP contribution < -0.4 is 5.73 Å². The lowest BCUT2D eigenvalue weighted by atomic mass is 9.99. The van der Waals surface area contributed by atoms with Crippen molar-refractivity contribution in [2.45, 2.75) is 57.6 Å². The minimum atomic E-state index is -0.709. The first-order valence-corrected chi connectivity index (χ1v) is 11.6. The Balaban J connectivity index is 1.86. The van der Waals surface area contributed by atoms with Gasteiger partial charge in [0.25, 0.3) is 5.91 Å². The third kappa shape index (κ3) is 7.34. The highest BCUT2D eigenvalue weighted by atomic mass is 16.6. The van der Waals surface area contributed by atoms with Crippen molar-refractivity contribution in [3.8, 4) is 11.5 Å². The lowest BCUT2D eigenvalue weighted by Gasteiger charge is -2.26. The molecule has 2 aliphatic heterocycles. The fourth-order valence-corrected chi connectivity index (χ4v) is 3.94. The molecular formula is C25H33N3O6. The molecule has 1 unspecified atom stereocenters. The predicted molar refractivity (Wildman–Crippen MR) is 128 cm³/mol. The Labute approximate surface area is 199 Å². The van der Waals surface area contributed by atoms with Gasteiger partial charge < -0.3 is 30.4 Å². The number of carbonyl (C=O) groups excluding carboxylic acids is 2. The number of esters is 1. The van der Waals surface area contributed by atoms with E-state index in [9.17, 15) is 19.8 Å². The normalized spacial score (nSPS) is 25.1. The van der Waals surface area contributed by atoms with Crippen molar-refractivity contribution < 1.29 is 29.4 Å². The Hall–Kier alpha value is -3.33. The standard InChI is InChI=1S/C25H33N3O6/c1-17-7-5-8-19(26)9-6-10-20(27-33-16-23(31)28-11-3-2-4-12-28)13-18-14-21(29)15-22(30)24(18)25(32)34-17/h5-6,8,10,14-15,17,19,29-30H,2-4,7,9,11-13,16,26H2,1H3/b8-5+,10-6+,27-20+/t17?,19-/m1/s1. The van der Waals surface area contributed by atoms with Gasteiger partial charge in [0, 0.05) is 38.0 Å². The molecule has 0 aromatic heterocycles. The quantitative estimate of drug-likeness (QED) is 0.350. The summed E-state index contributed by atoms with van der Waals surface area (Å²) < 4.78 is 5.48. The van der Waals surface area contributed by atoms with Crippen LogP contribution in [0, 0.1) is 0 Å². The lowest BCUT2D eigenvalue weighted by molar-refractivity contribution is -0.137. The van der Waals surface area contributed by atoms with Crippen LogP contribution in [0.4, 0.5) is 0 Å². The fraction of sp³-hybridized carbons (Fsp3) is 0.480. The van der Waals surface area contributed by atoms with Crippen molar-refractivity contribution in [2.24, 2.45) is 10.9 Å². The molecule has 2 heterocycles. The maximum absolute atomic E-state index is 12.8. The Bertz CT molecular complexity index is 966. The van der Waals surface area contributed by atoms with Crippen molar-refractivity contribution >= 4 is 17.6 Å². The smallest absolute Gasteiger partial charge is 0.342 e. The Morgan fingerprint density at radius 2 is 1.97 bits per heavy atom. The van der Waals surface area contributed by atoms with Crippen LogP contribution in [-0.2, 0) is 20.8 Å². The van der Waals surface area contributed by atoms with Gasteiger partial charge in [-0.25, -0.2) is 4.79 Å². The van der Waals surface area contributed by atoms with Crippen molar-refractivity contribution in [3.05, 3.63) is 47.6 Å². The second-order valence-electron chi connectivity index (χ2n) is 8.66. The molecule has 1 aromatic rings. The van der Waals surface area contributed by atoms with E-state index in [0.29, 0.717) is 24.1 Å². The van der Waals surface area contributed by atoms with E-state index in [1.165, 1.54) is 6.07 Å². The number of aromatic hydroxyl groups is 2. The summed E-state index contributed by atoms with van der Waals surface area (Å²) in [6, 6.07) is 2.24. The molecule has 2 aliphatic rings. The highest BCUT2D eigenvalue weighted by molar-refractivity contribution is 6.00. The first kappa shape index (κ1) is 25.3. The third-order valence-electron chi connectivity index (χ3n) is 5.72. The number of fused-ring (bicyclic) bond motifs is 1. The zero-order valence-electron chi connectivity index (χ0n) is 19.5. The number of benzene rings is 1. The Morgan fingerprint density at radius 3 is 2.74 bits per heavy atom. The van der Waals surface area contributed by atoms with Crippen molar-refractivity contribution in [2.75, 3.05) is 19.7 Å². The van der Waals surface area contributed by atoms with Gasteiger partial charge in [0.05, 0.1) is 5.71 Å². The van der Waals surface area contributed by atoms with Crippen LogP contribution in [0.5, 0.6) is 11.5 Å². The minimum absolute atomic E-state index is 0.0483. The lowest BCUT2D eigenvalue weighted by Crippen LogP contribution is -2.37. The monoisotopic (exact) mass is 471 g/mol. The zero-order valence-corrected chi connectivity index (χ0v) is 19.5. The molecule has 34 heavy (non-hydrogen) atoms. The number of hydrogen-bond acceptors (Lipinski definition) is 8. The summed E-state index contributed by atoms with van der Waals surface area (Å²) in [5.74, 6) is -1.43. The minimum Gasteiger partial charge on any atom is -0.508 e. The van der Waals surface area contributed by atoms with Crippen LogP contribution in [0.15, 0.2) is 41.6 Å². The number of hydrogen-bond donors (Lipinski definition) is 3. The van der Waals surface area contributed by atoms with Gasteiger partial charge in [-0.05, 0) is 50.3 Å². The number of likely N-dealkylation sites (tertiary alicyclic amines) is 1. The van der Waals surface area contributed by atoms with Gasteiger partial charge >= 0.3 is 5.97 Å². The number of cyclic esters (lactones) is 1. The Morgan fingerprint density at radius 1 is 1.21 bits per heavy atom. The average Bonchev–Trinajstić information content (AvgIpc) is 2.78. The number of allylic oxidation sites excluding steroid dienone is 1. The molecule has 0 spiro atoms. The number of ether oxygens (including phenoxy) is 1. The predicted octanol–water partition coefficient (Wildman–Crippen LogP) is 2.80. The van der Waals surface area contributed by atoms with Crippen molar-refractivity contribution in [1.29, 1.82) is 0 Å².